The minimum absolute atomic E-state index is 0.0231. The van der Waals surface area contributed by atoms with E-state index in [1.54, 1.807) is 25.6 Å². The number of thiophene rings is 1. The van der Waals surface area contributed by atoms with E-state index in [2.05, 4.69) is 16.3 Å². The van der Waals surface area contributed by atoms with Crippen molar-refractivity contribution in [3.8, 4) is 11.5 Å². The van der Waals surface area contributed by atoms with E-state index in [1.807, 2.05) is 23.6 Å². The Labute approximate surface area is 162 Å². The molecule has 1 aromatic heterocycles. The molecule has 0 fully saturated rings. The number of rotatable bonds is 6. The van der Waals surface area contributed by atoms with Gasteiger partial charge < -0.3 is 15.2 Å². The number of nitrogens with zero attached hydrogens (tertiary/aromatic N) is 1. The number of hydrogen-bond donors (Lipinski definition) is 2. The van der Waals surface area contributed by atoms with Crippen molar-refractivity contribution in [1.82, 2.24) is 10.2 Å². The average Bonchev–Trinajstić information content (AvgIpc) is 3.18. The molecule has 0 aliphatic carbocycles. The van der Waals surface area contributed by atoms with E-state index in [-0.39, 0.29) is 18.4 Å². The third-order valence-electron chi connectivity index (χ3n) is 4.67. The molecule has 1 aliphatic rings. The second-order valence-electron chi connectivity index (χ2n) is 6.27. The number of fused-ring (bicyclic) bond motifs is 1. The Morgan fingerprint density at radius 2 is 2.04 bits per heavy atom. The summed E-state index contributed by atoms with van der Waals surface area (Å²) in [4.78, 5) is 26.1. The lowest BCUT2D eigenvalue weighted by atomic mass is 9.90. The number of amides is 3. The first-order valence-corrected chi connectivity index (χ1v) is 9.53. The highest BCUT2D eigenvalue weighted by molar-refractivity contribution is 7.10. The van der Waals surface area contributed by atoms with E-state index in [1.165, 1.54) is 10.4 Å². The van der Waals surface area contributed by atoms with Gasteiger partial charge in [-0.3, -0.25) is 15.0 Å². The number of ether oxygens (including phenoxy) is 2. The maximum atomic E-state index is 11.8. The van der Waals surface area contributed by atoms with Gasteiger partial charge in [-0.1, -0.05) is 6.07 Å². The lowest BCUT2D eigenvalue weighted by Gasteiger charge is -2.37. The zero-order valence-corrected chi connectivity index (χ0v) is 16.2. The largest absolute Gasteiger partial charge is 0.493 e. The minimum atomic E-state index is -0.823. The molecule has 144 valence electrons. The van der Waals surface area contributed by atoms with Gasteiger partial charge in [0.25, 0.3) is 0 Å². The predicted molar refractivity (Wildman–Crippen MR) is 103 cm³/mol. The lowest BCUT2D eigenvalue weighted by Crippen LogP contribution is -2.40. The van der Waals surface area contributed by atoms with E-state index in [9.17, 15) is 9.59 Å². The van der Waals surface area contributed by atoms with Crippen LogP contribution in [0.25, 0.3) is 0 Å². The number of hydrogen-bond acceptors (Lipinski definition) is 6. The molecule has 2 aromatic rings. The van der Waals surface area contributed by atoms with E-state index in [0.29, 0.717) is 12.3 Å². The van der Waals surface area contributed by atoms with Gasteiger partial charge in [-0.05, 0) is 41.1 Å². The summed E-state index contributed by atoms with van der Waals surface area (Å²) in [6.07, 6.45) is 1.04. The SMILES string of the molecule is COc1cc2c(cc1OC)[C@@H](c1cccs1)N(CCC(=O)NC(N)=O)CC2. The van der Waals surface area contributed by atoms with Crippen molar-refractivity contribution in [3.05, 3.63) is 45.6 Å². The molecule has 2 heterocycles. The van der Waals surface area contributed by atoms with Crippen molar-refractivity contribution in [3.63, 3.8) is 0 Å². The molecular formula is C19H23N3O4S. The molecule has 1 aliphatic heterocycles. The highest BCUT2D eigenvalue weighted by atomic mass is 32.1. The van der Waals surface area contributed by atoms with Gasteiger partial charge in [-0.25, -0.2) is 4.79 Å². The first-order chi connectivity index (χ1) is 13.0. The zero-order chi connectivity index (χ0) is 19.4. The third kappa shape index (κ3) is 4.23. The molecule has 8 heteroatoms. The van der Waals surface area contributed by atoms with Gasteiger partial charge in [0.2, 0.25) is 5.91 Å². The van der Waals surface area contributed by atoms with Crippen LogP contribution in [0.2, 0.25) is 0 Å². The molecule has 3 rings (SSSR count). The van der Waals surface area contributed by atoms with Crippen LogP contribution in [0.15, 0.2) is 29.6 Å². The van der Waals surface area contributed by atoms with Gasteiger partial charge >= 0.3 is 6.03 Å². The van der Waals surface area contributed by atoms with Crippen molar-refractivity contribution in [1.29, 1.82) is 0 Å². The molecule has 0 unspecified atom stereocenters. The fourth-order valence-corrected chi connectivity index (χ4v) is 4.34. The number of primary amides is 1. The first kappa shape index (κ1) is 19.2. The van der Waals surface area contributed by atoms with Crippen LogP contribution in [-0.4, -0.2) is 44.1 Å². The van der Waals surface area contributed by atoms with Crippen LogP contribution >= 0.6 is 11.3 Å². The van der Waals surface area contributed by atoms with Crippen LogP contribution in [-0.2, 0) is 11.2 Å². The van der Waals surface area contributed by atoms with Crippen molar-refractivity contribution in [2.24, 2.45) is 5.73 Å². The van der Waals surface area contributed by atoms with E-state index >= 15 is 0 Å². The molecule has 1 aromatic carbocycles. The number of nitrogens with two attached hydrogens (primary N) is 1. The quantitative estimate of drug-likeness (QED) is 0.791. The van der Waals surface area contributed by atoms with Gasteiger partial charge in [0, 0.05) is 24.4 Å². The smallest absolute Gasteiger partial charge is 0.318 e. The Morgan fingerprint density at radius 1 is 1.30 bits per heavy atom. The molecule has 0 bridgehead atoms. The molecular weight excluding hydrogens is 366 g/mol. The molecule has 0 saturated carbocycles. The van der Waals surface area contributed by atoms with Crippen molar-refractivity contribution in [2.45, 2.75) is 18.9 Å². The number of benzene rings is 1. The molecule has 0 radical (unpaired) electrons. The predicted octanol–water partition coefficient (Wildman–Crippen LogP) is 2.30. The number of urea groups is 1. The molecule has 3 amide bonds. The second kappa shape index (κ2) is 8.41. The van der Waals surface area contributed by atoms with Gasteiger partial charge in [0.1, 0.15) is 0 Å². The van der Waals surface area contributed by atoms with Crippen molar-refractivity contribution < 1.29 is 19.1 Å². The summed E-state index contributed by atoms with van der Waals surface area (Å²) in [6.45, 7) is 1.32. The van der Waals surface area contributed by atoms with Crippen molar-refractivity contribution >= 4 is 23.3 Å². The van der Waals surface area contributed by atoms with Crippen molar-refractivity contribution in [2.75, 3.05) is 27.3 Å². The number of nitrogens with one attached hydrogen (secondary N) is 1. The summed E-state index contributed by atoms with van der Waals surface area (Å²) in [6, 6.07) is 7.37. The summed E-state index contributed by atoms with van der Waals surface area (Å²) in [5, 5.41) is 4.17. The van der Waals surface area contributed by atoms with Gasteiger partial charge in [0.05, 0.1) is 20.3 Å². The molecule has 7 nitrogen and oxygen atoms in total. The number of carbonyl (C=O) groups is 2. The second-order valence-corrected chi connectivity index (χ2v) is 7.25. The minimum Gasteiger partial charge on any atom is -0.493 e. The summed E-state index contributed by atoms with van der Waals surface area (Å²) < 4.78 is 10.9. The first-order valence-electron chi connectivity index (χ1n) is 8.65. The lowest BCUT2D eigenvalue weighted by molar-refractivity contribution is -0.120. The standard InChI is InChI=1S/C19H23N3O4S/c1-25-14-10-12-5-7-22(8-6-17(23)21-19(20)24)18(16-4-3-9-27-16)13(12)11-15(14)26-2/h3-4,9-11,18H,5-8H2,1-2H3,(H3,20,21,23,24)/t18-/m0/s1. The number of carbonyl (C=O) groups excluding carboxylic acids is 2. The Morgan fingerprint density at radius 3 is 2.67 bits per heavy atom. The van der Waals surface area contributed by atoms with Crippen LogP contribution in [0.4, 0.5) is 4.79 Å². The van der Waals surface area contributed by atoms with Gasteiger partial charge in [0.15, 0.2) is 11.5 Å². The number of methoxy groups -OCH3 is 2. The van der Waals surface area contributed by atoms with Gasteiger partial charge in [-0.2, -0.15) is 0 Å². The van der Waals surface area contributed by atoms with E-state index in [0.717, 1.165) is 24.3 Å². The highest BCUT2D eigenvalue weighted by Crippen LogP contribution is 2.42. The molecule has 0 spiro atoms. The Balaban J connectivity index is 1.91. The fraction of sp³-hybridized carbons (Fsp3) is 0.368. The Kier molecular flexibility index (Phi) is 5.98. The van der Waals surface area contributed by atoms with Gasteiger partial charge in [-0.15, -0.1) is 11.3 Å². The summed E-state index contributed by atoms with van der Waals surface area (Å²) >= 11 is 1.68. The Bertz CT molecular complexity index is 823. The highest BCUT2D eigenvalue weighted by Gasteiger charge is 2.31. The van der Waals surface area contributed by atoms with Crippen LogP contribution in [0.5, 0.6) is 11.5 Å². The van der Waals surface area contributed by atoms with Crippen LogP contribution < -0.4 is 20.5 Å². The maximum Gasteiger partial charge on any atom is 0.318 e. The maximum absolute atomic E-state index is 11.8. The summed E-state index contributed by atoms with van der Waals surface area (Å²) in [7, 11) is 3.26. The van der Waals surface area contributed by atoms with Crippen LogP contribution in [0.1, 0.15) is 28.5 Å². The summed E-state index contributed by atoms with van der Waals surface area (Å²) in [5.74, 6) is 1.03. The molecule has 27 heavy (non-hydrogen) atoms. The summed E-state index contributed by atoms with van der Waals surface area (Å²) in [5.41, 5.74) is 7.38. The zero-order valence-electron chi connectivity index (χ0n) is 15.4. The average molecular weight is 389 g/mol. The topological polar surface area (TPSA) is 93.9 Å². The molecule has 1 atom stereocenters. The van der Waals surface area contributed by atoms with E-state index < -0.39 is 6.03 Å². The normalized spacial score (nSPS) is 16.4. The van der Waals surface area contributed by atoms with E-state index in [4.69, 9.17) is 15.2 Å². The monoisotopic (exact) mass is 389 g/mol. The number of imide groups is 1. The fourth-order valence-electron chi connectivity index (χ4n) is 3.46. The molecule has 0 saturated heterocycles. The van der Waals surface area contributed by atoms with Crippen LogP contribution in [0, 0.1) is 0 Å². The molecule has 3 N–H and O–H groups in total. The third-order valence-corrected chi connectivity index (χ3v) is 5.60. The Hall–Kier alpha value is -2.58. The van der Waals surface area contributed by atoms with Crippen LogP contribution in [0.3, 0.4) is 0 Å².